The third-order valence-corrected chi connectivity index (χ3v) is 3.73. The van der Waals surface area contributed by atoms with Crippen molar-refractivity contribution in [2.45, 2.75) is 18.9 Å². The second-order valence-electron chi connectivity index (χ2n) is 3.98. The fourth-order valence-corrected chi connectivity index (χ4v) is 2.79. The first-order valence-corrected chi connectivity index (χ1v) is 6.74. The van der Waals surface area contributed by atoms with Gasteiger partial charge in [-0.1, -0.05) is 0 Å². The van der Waals surface area contributed by atoms with Gasteiger partial charge in [-0.25, -0.2) is 9.59 Å². The first-order chi connectivity index (χ1) is 8.13. The Balaban J connectivity index is 2.21. The molecule has 17 heavy (non-hydrogen) atoms. The van der Waals surface area contributed by atoms with Crippen molar-refractivity contribution in [1.29, 1.82) is 0 Å². The molecular weight excluding hydrogens is 244 g/mol. The summed E-state index contributed by atoms with van der Waals surface area (Å²) >= 11 is 1.91. The topological polar surface area (TPSA) is 98.7 Å². The highest BCUT2D eigenvalue weighted by molar-refractivity contribution is 7.99. The van der Waals surface area contributed by atoms with Gasteiger partial charge in [0.1, 0.15) is 0 Å². The predicted molar refractivity (Wildman–Crippen MR) is 65.1 cm³/mol. The Bertz CT molecular complexity index is 269. The molecule has 98 valence electrons. The quantitative estimate of drug-likeness (QED) is 0.553. The average molecular weight is 262 g/mol. The fourth-order valence-electron chi connectivity index (χ4n) is 1.58. The van der Waals surface area contributed by atoms with E-state index in [1.54, 1.807) is 0 Å². The monoisotopic (exact) mass is 262 g/mol. The van der Waals surface area contributed by atoms with Crippen LogP contribution in [0.2, 0.25) is 0 Å². The molecule has 4 N–H and O–H groups in total. The summed E-state index contributed by atoms with van der Waals surface area (Å²) in [6, 6.07) is -1.78. The lowest BCUT2D eigenvalue weighted by molar-refractivity contribution is -0.140. The van der Waals surface area contributed by atoms with E-state index in [1.807, 2.05) is 11.8 Å². The molecule has 1 heterocycles. The van der Waals surface area contributed by atoms with Gasteiger partial charge in [0.05, 0.1) is 6.61 Å². The maximum absolute atomic E-state index is 11.4. The summed E-state index contributed by atoms with van der Waals surface area (Å²) in [7, 11) is 0. The highest BCUT2D eigenvalue weighted by Gasteiger charge is 2.19. The zero-order valence-electron chi connectivity index (χ0n) is 9.52. The molecule has 1 rings (SSSR count). The molecular formula is C10H18N2O4S. The molecule has 1 atom stereocenters. The minimum absolute atomic E-state index is 0.472. The van der Waals surface area contributed by atoms with Crippen LogP contribution in [-0.4, -0.2) is 52.9 Å². The van der Waals surface area contributed by atoms with Crippen molar-refractivity contribution in [3.8, 4) is 0 Å². The van der Waals surface area contributed by atoms with Crippen LogP contribution in [0.3, 0.4) is 0 Å². The molecule has 1 fully saturated rings. The number of carbonyl (C=O) groups excluding carboxylic acids is 1. The first kappa shape index (κ1) is 14.1. The summed E-state index contributed by atoms with van der Waals surface area (Å²) in [5.41, 5.74) is 0. The minimum atomic E-state index is -1.24. The van der Waals surface area contributed by atoms with Crippen LogP contribution in [-0.2, 0) is 4.79 Å². The van der Waals surface area contributed by atoms with Crippen molar-refractivity contribution in [2.24, 2.45) is 5.92 Å². The number of carboxylic acids is 1. The number of aliphatic hydroxyl groups is 1. The summed E-state index contributed by atoms with van der Waals surface area (Å²) in [6.45, 7) is -0.0486. The number of urea groups is 1. The molecule has 1 aliphatic heterocycles. The largest absolute Gasteiger partial charge is 0.480 e. The van der Waals surface area contributed by atoms with E-state index >= 15 is 0 Å². The molecule has 0 aromatic heterocycles. The Morgan fingerprint density at radius 3 is 2.53 bits per heavy atom. The number of hydrogen-bond donors (Lipinski definition) is 4. The Labute approximate surface area is 104 Å². The van der Waals surface area contributed by atoms with E-state index in [9.17, 15) is 9.59 Å². The van der Waals surface area contributed by atoms with Gasteiger partial charge in [-0.15, -0.1) is 0 Å². The zero-order valence-corrected chi connectivity index (χ0v) is 10.3. The number of carboxylic acid groups (broad SMARTS) is 1. The molecule has 0 spiro atoms. The maximum Gasteiger partial charge on any atom is 0.328 e. The highest BCUT2D eigenvalue weighted by Crippen LogP contribution is 2.21. The normalized spacial score (nSPS) is 18.4. The number of amides is 2. The molecule has 0 radical (unpaired) electrons. The van der Waals surface area contributed by atoms with Crippen molar-refractivity contribution < 1.29 is 19.8 Å². The lowest BCUT2D eigenvalue weighted by Crippen LogP contribution is -2.48. The van der Waals surface area contributed by atoms with Gasteiger partial charge in [-0.05, 0) is 30.3 Å². The van der Waals surface area contributed by atoms with Gasteiger partial charge in [-0.3, -0.25) is 0 Å². The highest BCUT2D eigenvalue weighted by atomic mass is 32.2. The predicted octanol–water partition coefficient (Wildman–Crippen LogP) is -0.126. The Morgan fingerprint density at radius 2 is 2.00 bits per heavy atom. The second-order valence-corrected chi connectivity index (χ2v) is 5.21. The lowest BCUT2D eigenvalue weighted by atomic mass is 10.0. The molecule has 0 aromatic carbocycles. The van der Waals surface area contributed by atoms with Crippen molar-refractivity contribution in [3.05, 3.63) is 0 Å². The van der Waals surface area contributed by atoms with Crippen molar-refractivity contribution in [1.82, 2.24) is 10.6 Å². The summed E-state index contributed by atoms with van der Waals surface area (Å²) in [6.07, 6.45) is 2.15. The van der Waals surface area contributed by atoms with E-state index in [1.165, 1.54) is 0 Å². The van der Waals surface area contributed by atoms with Crippen molar-refractivity contribution >= 4 is 23.8 Å². The molecule has 2 amide bonds. The molecule has 0 bridgehead atoms. The molecule has 1 saturated heterocycles. The van der Waals surface area contributed by atoms with Crippen LogP contribution in [0.15, 0.2) is 0 Å². The third-order valence-electron chi connectivity index (χ3n) is 2.68. The third kappa shape index (κ3) is 5.27. The molecule has 0 aliphatic carbocycles. The van der Waals surface area contributed by atoms with Crippen LogP contribution in [0, 0.1) is 5.92 Å². The van der Waals surface area contributed by atoms with E-state index in [0.29, 0.717) is 12.5 Å². The van der Waals surface area contributed by atoms with Crippen molar-refractivity contribution in [2.75, 3.05) is 24.7 Å². The second kappa shape index (κ2) is 7.39. The van der Waals surface area contributed by atoms with Crippen LogP contribution in [0.1, 0.15) is 12.8 Å². The summed E-state index contributed by atoms with van der Waals surface area (Å²) in [4.78, 5) is 21.9. The van der Waals surface area contributed by atoms with Gasteiger partial charge < -0.3 is 20.8 Å². The van der Waals surface area contributed by atoms with Crippen LogP contribution >= 0.6 is 11.8 Å². The summed E-state index contributed by atoms with van der Waals surface area (Å²) in [5.74, 6) is 1.46. The van der Waals surface area contributed by atoms with Gasteiger partial charge in [0.25, 0.3) is 0 Å². The van der Waals surface area contributed by atoms with Gasteiger partial charge in [0.2, 0.25) is 0 Å². The SMILES string of the molecule is O=C(NCC1CCSCC1)N[C@@H](CO)C(=O)O. The van der Waals surface area contributed by atoms with Crippen LogP contribution < -0.4 is 10.6 Å². The maximum atomic E-state index is 11.4. The molecule has 0 unspecified atom stereocenters. The van der Waals surface area contributed by atoms with E-state index in [-0.39, 0.29) is 0 Å². The zero-order chi connectivity index (χ0) is 12.7. The Morgan fingerprint density at radius 1 is 1.35 bits per heavy atom. The minimum Gasteiger partial charge on any atom is -0.480 e. The molecule has 1 aliphatic rings. The van der Waals surface area contributed by atoms with E-state index in [0.717, 1.165) is 24.3 Å². The summed E-state index contributed by atoms with van der Waals surface area (Å²) < 4.78 is 0. The van der Waals surface area contributed by atoms with Gasteiger partial charge in [0.15, 0.2) is 6.04 Å². The smallest absolute Gasteiger partial charge is 0.328 e. The van der Waals surface area contributed by atoms with Crippen LogP contribution in [0.5, 0.6) is 0 Å². The summed E-state index contributed by atoms with van der Waals surface area (Å²) in [5, 5.41) is 22.2. The Kier molecular flexibility index (Phi) is 6.13. The number of carbonyl (C=O) groups is 2. The first-order valence-electron chi connectivity index (χ1n) is 5.59. The molecule has 0 aromatic rings. The van der Waals surface area contributed by atoms with Gasteiger partial charge in [-0.2, -0.15) is 11.8 Å². The van der Waals surface area contributed by atoms with E-state index in [4.69, 9.17) is 10.2 Å². The molecule has 0 saturated carbocycles. The Hall–Kier alpha value is -0.950. The van der Waals surface area contributed by atoms with E-state index < -0.39 is 24.6 Å². The number of aliphatic carboxylic acids is 1. The number of thioether (sulfide) groups is 1. The van der Waals surface area contributed by atoms with Crippen LogP contribution in [0.25, 0.3) is 0 Å². The van der Waals surface area contributed by atoms with Crippen LogP contribution in [0.4, 0.5) is 4.79 Å². The van der Waals surface area contributed by atoms with Gasteiger partial charge in [0, 0.05) is 6.54 Å². The number of rotatable bonds is 5. The average Bonchev–Trinajstić information content (AvgIpc) is 2.34. The molecule has 7 heteroatoms. The lowest BCUT2D eigenvalue weighted by Gasteiger charge is -2.22. The van der Waals surface area contributed by atoms with E-state index in [2.05, 4.69) is 10.6 Å². The van der Waals surface area contributed by atoms with Crippen molar-refractivity contribution in [3.63, 3.8) is 0 Å². The number of aliphatic hydroxyl groups excluding tert-OH is 1. The van der Waals surface area contributed by atoms with Gasteiger partial charge >= 0.3 is 12.0 Å². The number of nitrogens with one attached hydrogen (secondary N) is 2. The standard InChI is InChI=1S/C10H18N2O4S/c13-6-8(9(14)15)12-10(16)11-5-7-1-3-17-4-2-7/h7-8,13H,1-6H2,(H,14,15)(H2,11,12,16)/t8-/m0/s1. The molecule has 6 nitrogen and oxygen atoms in total. The number of hydrogen-bond acceptors (Lipinski definition) is 4. The fraction of sp³-hybridized carbons (Fsp3) is 0.800.